The van der Waals surface area contributed by atoms with Crippen molar-refractivity contribution in [3.63, 3.8) is 0 Å². The first-order valence-electron chi connectivity index (χ1n) is 7.51. The number of hydrogen-bond donors (Lipinski definition) is 1. The molecule has 1 aromatic rings. The Bertz CT molecular complexity index is 532. The van der Waals surface area contributed by atoms with Gasteiger partial charge < -0.3 is 15.0 Å². The molecule has 1 aliphatic rings. The summed E-state index contributed by atoms with van der Waals surface area (Å²) in [6.45, 7) is 7.58. The first-order chi connectivity index (χ1) is 10.5. The molecule has 1 aliphatic heterocycles. The zero-order valence-corrected chi connectivity index (χ0v) is 14.0. The number of likely N-dealkylation sites (tertiary alicyclic amines) is 1. The highest BCUT2D eigenvalue weighted by Crippen LogP contribution is 2.23. The topological polar surface area (TPSA) is 84.4 Å². The number of hydrogen-bond acceptors (Lipinski definition) is 6. The van der Waals surface area contributed by atoms with Gasteiger partial charge in [0.25, 0.3) is 0 Å². The average molecular weight is 326 g/mol. The molecular formula is C14H22N4O3S. The zero-order chi connectivity index (χ0) is 16.1. The van der Waals surface area contributed by atoms with Gasteiger partial charge in [-0.05, 0) is 20.8 Å². The standard InChI is InChI=1S/C14H22N4O3S/c1-4-21-6-5-11-16-17-14(22-11)15-13(20)10-7-12(19)18(8-10)9(2)3/h9-10H,4-8H2,1-3H3,(H,15,17,20)/t10-/m0/s1. The second-order valence-corrected chi connectivity index (χ2v) is 6.54. The van der Waals surface area contributed by atoms with Crippen molar-refractivity contribution < 1.29 is 14.3 Å². The lowest BCUT2D eigenvalue weighted by molar-refractivity contribution is -0.129. The van der Waals surface area contributed by atoms with Gasteiger partial charge in [0.05, 0.1) is 12.5 Å². The minimum absolute atomic E-state index is 0.0322. The van der Waals surface area contributed by atoms with Crippen LogP contribution in [-0.2, 0) is 20.7 Å². The maximum absolute atomic E-state index is 12.2. The monoisotopic (exact) mass is 326 g/mol. The molecule has 1 saturated heterocycles. The van der Waals surface area contributed by atoms with Crippen LogP contribution in [0.15, 0.2) is 0 Å². The van der Waals surface area contributed by atoms with Crippen molar-refractivity contribution in [3.8, 4) is 0 Å². The number of nitrogens with zero attached hydrogens (tertiary/aromatic N) is 3. The fourth-order valence-corrected chi connectivity index (χ4v) is 3.05. The van der Waals surface area contributed by atoms with E-state index >= 15 is 0 Å². The minimum atomic E-state index is -0.314. The summed E-state index contributed by atoms with van der Waals surface area (Å²) in [5.41, 5.74) is 0. The second kappa shape index (κ2) is 7.64. The lowest BCUT2D eigenvalue weighted by atomic mass is 10.1. The lowest BCUT2D eigenvalue weighted by Gasteiger charge is -2.20. The molecule has 0 bridgehead atoms. The molecular weight excluding hydrogens is 304 g/mol. The number of carbonyl (C=O) groups excluding carboxylic acids is 2. The number of aromatic nitrogens is 2. The fraction of sp³-hybridized carbons (Fsp3) is 0.714. The minimum Gasteiger partial charge on any atom is -0.381 e. The molecule has 22 heavy (non-hydrogen) atoms. The Hall–Kier alpha value is -1.54. The van der Waals surface area contributed by atoms with Gasteiger partial charge in [-0.3, -0.25) is 9.59 Å². The molecule has 2 rings (SSSR count). The Morgan fingerprint density at radius 1 is 1.50 bits per heavy atom. The van der Waals surface area contributed by atoms with Crippen LogP contribution in [0.4, 0.5) is 5.13 Å². The van der Waals surface area contributed by atoms with E-state index in [1.54, 1.807) is 4.90 Å². The highest BCUT2D eigenvalue weighted by Gasteiger charge is 2.35. The molecule has 1 atom stereocenters. The first-order valence-corrected chi connectivity index (χ1v) is 8.33. The molecule has 1 aromatic heterocycles. The third kappa shape index (κ3) is 4.23. The SMILES string of the molecule is CCOCCc1nnc(NC(=O)[C@H]2CC(=O)N(C(C)C)C2)s1. The predicted octanol–water partition coefficient (Wildman–Crippen LogP) is 1.31. The van der Waals surface area contributed by atoms with E-state index in [1.165, 1.54) is 11.3 Å². The number of nitrogens with one attached hydrogen (secondary N) is 1. The van der Waals surface area contributed by atoms with Gasteiger partial charge >= 0.3 is 0 Å². The second-order valence-electron chi connectivity index (χ2n) is 5.48. The highest BCUT2D eigenvalue weighted by molar-refractivity contribution is 7.15. The van der Waals surface area contributed by atoms with Crippen molar-refractivity contribution in [2.45, 2.75) is 39.7 Å². The van der Waals surface area contributed by atoms with Gasteiger partial charge in [-0.1, -0.05) is 11.3 Å². The van der Waals surface area contributed by atoms with Crippen LogP contribution in [0.3, 0.4) is 0 Å². The molecule has 1 fully saturated rings. The molecule has 7 nitrogen and oxygen atoms in total. The molecule has 8 heteroatoms. The third-order valence-corrected chi connectivity index (χ3v) is 4.41. The summed E-state index contributed by atoms with van der Waals surface area (Å²) in [7, 11) is 0. The summed E-state index contributed by atoms with van der Waals surface area (Å²) in [5.74, 6) is -0.445. The van der Waals surface area contributed by atoms with Crippen LogP contribution in [0, 0.1) is 5.92 Å². The van der Waals surface area contributed by atoms with E-state index in [0.29, 0.717) is 31.3 Å². The summed E-state index contributed by atoms with van der Waals surface area (Å²) in [6.07, 6.45) is 0.949. The van der Waals surface area contributed by atoms with Crippen molar-refractivity contribution in [1.29, 1.82) is 0 Å². The Balaban J connectivity index is 1.86. The maximum Gasteiger partial charge on any atom is 0.231 e. The lowest BCUT2D eigenvalue weighted by Crippen LogP contribution is -2.33. The largest absolute Gasteiger partial charge is 0.381 e. The molecule has 0 radical (unpaired) electrons. The van der Waals surface area contributed by atoms with Crippen LogP contribution in [0.1, 0.15) is 32.2 Å². The van der Waals surface area contributed by atoms with Gasteiger partial charge in [-0.2, -0.15) is 0 Å². The molecule has 0 aromatic carbocycles. The summed E-state index contributed by atoms with van der Waals surface area (Å²) >= 11 is 1.35. The van der Waals surface area contributed by atoms with Crippen molar-refractivity contribution in [1.82, 2.24) is 15.1 Å². The van der Waals surface area contributed by atoms with Crippen molar-refractivity contribution in [2.75, 3.05) is 25.1 Å². The van der Waals surface area contributed by atoms with Crippen LogP contribution >= 0.6 is 11.3 Å². The van der Waals surface area contributed by atoms with Gasteiger partial charge in [0.2, 0.25) is 16.9 Å². The Kier molecular flexibility index (Phi) is 5.84. The zero-order valence-electron chi connectivity index (χ0n) is 13.2. The van der Waals surface area contributed by atoms with Gasteiger partial charge in [0.15, 0.2) is 0 Å². The van der Waals surface area contributed by atoms with Crippen LogP contribution in [-0.4, -0.2) is 52.7 Å². The van der Waals surface area contributed by atoms with Crippen LogP contribution < -0.4 is 5.32 Å². The maximum atomic E-state index is 12.2. The smallest absolute Gasteiger partial charge is 0.231 e. The molecule has 2 heterocycles. The Morgan fingerprint density at radius 3 is 2.91 bits per heavy atom. The molecule has 0 unspecified atom stereocenters. The van der Waals surface area contributed by atoms with E-state index in [-0.39, 0.29) is 30.2 Å². The molecule has 122 valence electrons. The summed E-state index contributed by atoms with van der Waals surface area (Å²) < 4.78 is 5.26. The summed E-state index contributed by atoms with van der Waals surface area (Å²) in [5, 5.41) is 12.1. The summed E-state index contributed by atoms with van der Waals surface area (Å²) in [4.78, 5) is 25.8. The first kappa shape index (κ1) is 16.8. The van der Waals surface area contributed by atoms with Crippen molar-refractivity contribution in [3.05, 3.63) is 5.01 Å². The molecule has 2 amide bonds. The van der Waals surface area contributed by atoms with E-state index in [4.69, 9.17) is 4.74 Å². The predicted molar refractivity (Wildman–Crippen MR) is 83.7 cm³/mol. The molecule has 0 spiro atoms. The molecule has 1 N–H and O–H groups in total. The molecule has 0 aliphatic carbocycles. The number of carbonyl (C=O) groups is 2. The van der Waals surface area contributed by atoms with E-state index < -0.39 is 0 Å². The van der Waals surface area contributed by atoms with Crippen LogP contribution in [0.25, 0.3) is 0 Å². The highest BCUT2D eigenvalue weighted by atomic mass is 32.1. The fourth-order valence-electron chi connectivity index (χ4n) is 2.32. The Morgan fingerprint density at radius 2 is 2.27 bits per heavy atom. The van der Waals surface area contributed by atoms with E-state index in [2.05, 4.69) is 15.5 Å². The van der Waals surface area contributed by atoms with Gasteiger partial charge in [-0.25, -0.2) is 0 Å². The summed E-state index contributed by atoms with van der Waals surface area (Å²) in [6, 6.07) is 0.122. The van der Waals surface area contributed by atoms with E-state index in [9.17, 15) is 9.59 Å². The van der Waals surface area contributed by atoms with Gasteiger partial charge in [0, 0.05) is 32.0 Å². The van der Waals surface area contributed by atoms with E-state index in [0.717, 1.165) is 5.01 Å². The number of anilines is 1. The number of ether oxygens (including phenoxy) is 1. The molecule has 0 saturated carbocycles. The Labute approximate surface area is 134 Å². The van der Waals surface area contributed by atoms with Crippen molar-refractivity contribution in [2.24, 2.45) is 5.92 Å². The quantitative estimate of drug-likeness (QED) is 0.764. The van der Waals surface area contributed by atoms with Crippen LogP contribution in [0.2, 0.25) is 0 Å². The average Bonchev–Trinajstić information content (AvgIpc) is 3.06. The van der Waals surface area contributed by atoms with E-state index in [1.807, 2.05) is 20.8 Å². The normalized spacial score (nSPS) is 18.3. The third-order valence-electron chi connectivity index (χ3n) is 3.51. The van der Waals surface area contributed by atoms with Gasteiger partial charge in [-0.15, -0.1) is 10.2 Å². The number of rotatable bonds is 7. The van der Waals surface area contributed by atoms with Gasteiger partial charge in [0.1, 0.15) is 5.01 Å². The van der Waals surface area contributed by atoms with Crippen LogP contribution in [0.5, 0.6) is 0 Å². The number of amides is 2. The van der Waals surface area contributed by atoms with Crippen molar-refractivity contribution >= 4 is 28.3 Å².